The number of hydrogen-bond donors (Lipinski definition) is 3. The molecule has 2 saturated carbocycles. The van der Waals surface area contributed by atoms with Crippen molar-refractivity contribution in [2.24, 2.45) is 5.73 Å². The number of nitrogens with two attached hydrogens (primary N) is 1. The first kappa shape index (κ1) is 33.5. The topological polar surface area (TPSA) is 150 Å². The molecular weight excluding hydrogens is 607 g/mol. The molecule has 6 rings (SSSR count). The summed E-state index contributed by atoms with van der Waals surface area (Å²) < 4.78 is 12.5. The number of hydrogen-bond acceptors (Lipinski definition) is 10. The Morgan fingerprint density at radius 2 is 1.55 bits per heavy atom. The van der Waals surface area contributed by atoms with E-state index in [0.717, 1.165) is 68.3 Å². The number of amides is 1. The highest BCUT2D eigenvalue weighted by molar-refractivity contribution is 5.89. The number of carbonyl (C=O) groups is 2. The monoisotopic (exact) mass is 648 g/mol. The fourth-order valence-corrected chi connectivity index (χ4v) is 6.32. The van der Waals surface area contributed by atoms with Crippen molar-refractivity contribution in [3.05, 3.63) is 36.2 Å². The van der Waals surface area contributed by atoms with E-state index in [1.165, 1.54) is 20.0 Å². The number of aromatic nitrogens is 4. The van der Waals surface area contributed by atoms with Gasteiger partial charge in [0.1, 0.15) is 5.75 Å². The highest BCUT2D eigenvalue weighted by atomic mass is 35.5. The second kappa shape index (κ2) is 15.1. The Morgan fingerprint density at radius 3 is 2.20 bits per heavy atom. The first-order valence-corrected chi connectivity index (χ1v) is 15.1. The predicted molar refractivity (Wildman–Crippen MR) is 173 cm³/mol. The zero-order chi connectivity index (χ0) is 29.1. The Kier molecular flexibility index (Phi) is 11.5. The Labute approximate surface area is 269 Å². The lowest BCUT2D eigenvalue weighted by Gasteiger charge is -2.32. The van der Waals surface area contributed by atoms with Crippen molar-refractivity contribution >= 4 is 59.8 Å². The molecule has 1 aliphatic heterocycles. The molecule has 3 heterocycles. The third kappa shape index (κ3) is 7.65. The summed E-state index contributed by atoms with van der Waals surface area (Å²) >= 11 is 0. The van der Waals surface area contributed by atoms with Crippen LogP contribution in [0.3, 0.4) is 0 Å². The van der Waals surface area contributed by atoms with E-state index in [-0.39, 0.29) is 36.9 Å². The summed E-state index contributed by atoms with van der Waals surface area (Å²) in [5, 5.41) is 7.22. The third-order valence-corrected chi connectivity index (χ3v) is 8.82. The van der Waals surface area contributed by atoms with Gasteiger partial charge >= 0.3 is 12.1 Å². The van der Waals surface area contributed by atoms with Gasteiger partial charge in [-0.25, -0.2) is 14.6 Å². The highest BCUT2D eigenvalue weighted by Gasteiger charge is 2.28. The maximum absolute atomic E-state index is 12.8. The molecule has 2 aliphatic carbocycles. The molecule has 4 N–H and O–H groups in total. The number of piperidine rings is 1. The van der Waals surface area contributed by atoms with Gasteiger partial charge in [0, 0.05) is 37.3 Å². The molecule has 0 spiro atoms. The summed E-state index contributed by atoms with van der Waals surface area (Å²) in [5.74, 6) is 1.31. The minimum absolute atomic E-state index is 0. The first-order chi connectivity index (χ1) is 20.5. The number of likely N-dealkylation sites (tertiary alicyclic amines) is 1. The van der Waals surface area contributed by atoms with Gasteiger partial charge in [0.05, 0.1) is 19.0 Å². The Bertz CT molecular complexity index is 1400. The van der Waals surface area contributed by atoms with E-state index >= 15 is 0 Å². The number of anilines is 2. The molecule has 1 saturated heterocycles. The second-order valence-electron chi connectivity index (χ2n) is 11.7. The van der Waals surface area contributed by atoms with Gasteiger partial charge in [-0.15, -0.1) is 24.8 Å². The maximum Gasteiger partial charge on any atom is 0.415 e. The van der Waals surface area contributed by atoms with Crippen molar-refractivity contribution in [2.75, 3.05) is 30.8 Å². The maximum atomic E-state index is 12.8. The standard InChI is InChI=1S/C30H40N8O4.2ClH/c1-41-28(39)19-6-12-24(13-7-19)42-30(40)37-16-14-22(15-17-37)33-26-25-27(38(18-32-25)23-4-2-3-5-23)36-29(35-26)34-21-10-8-20(31)9-11-21;;/h6-7,12-13,18,20-23H,2-5,8-11,14-17,31H2,1H3,(H2,33,34,35,36);2*1H. The number of rotatable bonds is 7. The molecule has 0 bridgehead atoms. The van der Waals surface area contributed by atoms with E-state index < -0.39 is 12.1 Å². The largest absolute Gasteiger partial charge is 0.465 e. The number of carbonyl (C=O) groups excluding carboxylic acids is 2. The van der Waals surface area contributed by atoms with Crippen LogP contribution in [0.1, 0.15) is 80.6 Å². The molecular formula is C30H42Cl2N8O4. The first-order valence-electron chi connectivity index (χ1n) is 15.1. The van der Waals surface area contributed by atoms with Gasteiger partial charge in [-0.2, -0.15) is 9.97 Å². The van der Waals surface area contributed by atoms with E-state index in [2.05, 4.69) is 15.2 Å². The third-order valence-electron chi connectivity index (χ3n) is 8.82. The number of nitrogens with one attached hydrogen (secondary N) is 2. The van der Waals surface area contributed by atoms with Crippen LogP contribution in [0.2, 0.25) is 0 Å². The Balaban J connectivity index is 0.00000221. The van der Waals surface area contributed by atoms with Crippen molar-refractivity contribution in [2.45, 2.75) is 88.4 Å². The van der Waals surface area contributed by atoms with E-state index in [9.17, 15) is 9.59 Å². The molecule has 44 heavy (non-hydrogen) atoms. The molecule has 12 nitrogen and oxygen atoms in total. The number of fused-ring (bicyclic) bond motifs is 1. The number of halogens is 2. The molecule has 0 atom stereocenters. The van der Waals surface area contributed by atoms with Gasteiger partial charge in [-0.05, 0) is 75.6 Å². The van der Waals surface area contributed by atoms with Crippen molar-refractivity contribution in [3.8, 4) is 5.75 Å². The lowest BCUT2D eigenvalue weighted by Crippen LogP contribution is -2.43. The van der Waals surface area contributed by atoms with Crippen molar-refractivity contribution in [1.29, 1.82) is 0 Å². The van der Waals surface area contributed by atoms with Gasteiger partial charge in [0.25, 0.3) is 0 Å². The fraction of sp³-hybridized carbons (Fsp3) is 0.567. The molecule has 240 valence electrons. The molecule has 0 radical (unpaired) electrons. The zero-order valence-electron chi connectivity index (χ0n) is 24.9. The van der Waals surface area contributed by atoms with Crippen molar-refractivity contribution in [1.82, 2.24) is 24.4 Å². The van der Waals surface area contributed by atoms with Crippen LogP contribution in [-0.4, -0.2) is 74.8 Å². The molecule has 2 aromatic heterocycles. The van der Waals surface area contributed by atoms with Crippen LogP contribution >= 0.6 is 24.8 Å². The van der Waals surface area contributed by atoms with Crippen LogP contribution < -0.4 is 21.1 Å². The summed E-state index contributed by atoms with van der Waals surface area (Å²) in [6.07, 6.45) is 11.8. The summed E-state index contributed by atoms with van der Waals surface area (Å²) in [4.78, 5) is 40.8. The van der Waals surface area contributed by atoms with Crippen LogP contribution in [-0.2, 0) is 4.74 Å². The summed E-state index contributed by atoms with van der Waals surface area (Å²) in [6, 6.07) is 7.48. The van der Waals surface area contributed by atoms with E-state index in [4.69, 9.17) is 30.2 Å². The summed E-state index contributed by atoms with van der Waals surface area (Å²) in [7, 11) is 1.33. The molecule has 3 fully saturated rings. The molecule has 0 unspecified atom stereocenters. The Morgan fingerprint density at radius 1 is 0.886 bits per heavy atom. The minimum Gasteiger partial charge on any atom is -0.465 e. The SMILES string of the molecule is COC(=O)c1ccc(OC(=O)N2CCC(Nc3nc(NC4CCC(N)CC4)nc4c3ncn4C3CCCC3)CC2)cc1.Cl.Cl. The molecule has 3 aliphatic rings. The highest BCUT2D eigenvalue weighted by Crippen LogP contribution is 2.34. The number of esters is 1. The lowest BCUT2D eigenvalue weighted by molar-refractivity contribution is 0.0600. The molecule has 14 heteroatoms. The van der Waals surface area contributed by atoms with E-state index in [1.54, 1.807) is 29.2 Å². The summed E-state index contributed by atoms with van der Waals surface area (Å²) in [6.45, 7) is 1.10. The second-order valence-corrected chi connectivity index (χ2v) is 11.7. The smallest absolute Gasteiger partial charge is 0.415 e. The van der Waals surface area contributed by atoms with E-state index in [0.29, 0.717) is 42.4 Å². The van der Waals surface area contributed by atoms with Gasteiger partial charge in [-0.3, -0.25) is 0 Å². The number of imidazole rings is 1. The van der Waals surface area contributed by atoms with Crippen LogP contribution in [0, 0.1) is 0 Å². The van der Waals surface area contributed by atoms with Gasteiger partial charge in [0.2, 0.25) is 5.95 Å². The normalized spacial score (nSPS) is 20.8. The molecule has 1 amide bonds. The van der Waals surface area contributed by atoms with Crippen molar-refractivity contribution in [3.63, 3.8) is 0 Å². The number of methoxy groups -OCH3 is 1. The molecule has 3 aromatic rings. The van der Waals surface area contributed by atoms with Crippen LogP contribution in [0.4, 0.5) is 16.6 Å². The van der Waals surface area contributed by atoms with Gasteiger partial charge in [-0.1, -0.05) is 12.8 Å². The zero-order valence-corrected chi connectivity index (χ0v) is 26.6. The average molecular weight is 650 g/mol. The number of benzene rings is 1. The lowest BCUT2D eigenvalue weighted by atomic mass is 9.92. The van der Waals surface area contributed by atoms with Crippen LogP contribution in [0.25, 0.3) is 11.2 Å². The van der Waals surface area contributed by atoms with Gasteiger partial charge in [0.15, 0.2) is 17.0 Å². The fourth-order valence-electron chi connectivity index (χ4n) is 6.32. The number of nitrogens with zero attached hydrogens (tertiary/aromatic N) is 5. The Hall–Kier alpha value is -3.35. The average Bonchev–Trinajstić information content (AvgIpc) is 3.69. The van der Waals surface area contributed by atoms with Crippen molar-refractivity contribution < 1.29 is 19.1 Å². The van der Waals surface area contributed by atoms with Gasteiger partial charge < -0.3 is 35.3 Å². The predicted octanol–water partition coefficient (Wildman–Crippen LogP) is 5.33. The molecule has 1 aromatic carbocycles. The quantitative estimate of drug-likeness (QED) is 0.287. The van der Waals surface area contributed by atoms with E-state index in [1.807, 2.05) is 6.33 Å². The van der Waals surface area contributed by atoms with Crippen LogP contribution in [0.5, 0.6) is 5.75 Å². The number of ether oxygens (including phenoxy) is 2. The summed E-state index contributed by atoms with van der Waals surface area (Å²) in [5.41, 5.74) is 8.18. The van der Waals surface area contributed by atoms with Crippen LogP contribution in [0.15, 0.2) is 30.6 Å². The minimum atomic E-state index is -0.435.